The Morgan fingerprint density at radius 1 is 0.410 bits per heavy atom. The number of carbonyl (C=O) groups is 1. The van der Waals surface area contributed by atoms with Gasteiger partial charge in [-0.25, -0.2) is 0 Å². The summed E-state index contributed by atoms with van der Waals surface area (Å²) >= 11 is 0. The molecule has 1 N–H and O–H groups in total. The van der Waals surface area contributed by atoms with E-state index < -0.39 is 0 Å². The van der Waals surface area contributed by atoms with Crippen molar-refractivity contribution in [2.75, 3.05) is 0 Å². The molecule has 0 bridgehead atoms. The zero-order chi connectivity index (χ0) is 41.7. The second-order valence-corrected chi connectivity index (χ2v) is 15.5. The lowest BCUT2D eigenvalue weighted by molar-refractivity contribution is 0.0980. The number of rotatable bonds is 11. The van der Waals surface area contributed by atoms with Crippen LogP contribution in [0.15, 0.2) is 200 Å². The van der Waals surface area contributed by atoms with Crippen molar-refractivity contribution in [2.45, 2.75) is 26.7 Å². The van der Waals surface area contributed by atoms with Gasteiger partial charge in [-0.05, 0) is 136 Å². The summed E-state index contributed by atoms with van der Waals surface area (Å²) in [4.78, 5) is 22.9. The van der Waals surface area contributed by atoms with E-state index in [4.69, 9.17) is 9.97 Å². The summed E-state index contributed by atoms with van der Waals surface area (Å²) in [6, 6.07) is 68.8. The minimum atomic E-state index is -0.0846. The maximum atomic E-state index is 13.4. The van der Waals surface area contributed by atoms with Crippen LogP contribution in [0.1, 0.15) is 33.7 Å². The molecule has 2 heterocycles. The first-order chi connectivity index (χ1) is 29.9. The summed E-state index contributed by atoms with van der Waals surface area (Å²) < 4.78 is 0. The van der Waals surface area contributed by atoms with Gasteiger partial charge in [0, 0.05) is 28.9 Å². The maximum absolute atomic E-state index is 13.4. The van der Waals surface area contributed by atoms with Gasteiger partial charge >= 0.3 is 0 Å². The van der Waals surface area contributed by atoms with Gasteiger partial charge in [0.15, 0.2) is 5.78 Å². The van der Waals surface area contributed by atoms with Crippen LogP contribution in [0.3, 0.4) is 0 Å². The van der Waals surface area contributed by atoms with Crippen LogP contribution < -0.4 is 0 Å². The van der Waals surface area contributed by atoms with E-state index in [9.17, 15) is 9.90 Å². The smallest absolute Gasteiger partial charge is 0.166 e. The van der Waals surface area contributed by atoms with Crippen molar-refractivity contribution in [2.24, 2.45) is 0 Å². The third kappa shape index (κ3) is 8.43. The molecule has 0 unspecified atom stereocenters. The lowest BCUT2D eigenvalue weighted by Gasteiger charge is -2.18. The quantitative estimate of drug-likeness (QED) is 0.133. The first-order valence-electron chi connectivity index (χ1n) is 20.7. The molecule has 9 aromatic rings. The summed E-state index contributed by atoms with van der Waals surface area (Å²) in [5, 5.41) is 10.4. The number of ketones is 1. The number of aromatic nitrogens is 2. The van der Waals surface area contributed by atoms with Crippen molar-refractivity contribution in [3.05, 3.63) is 223 Å². The first kappa shape index (κ1) is 38.8. The number of aromatic hydroxyl groups is 1. The van der Waals surface area contributed by atoms with Crippen molar-refractivity contribution in [1.82, 2.24) is 9.97 Å². The normalized spacial score (nSPS) is 11.0. The number of nitrogens with zero attached hydrogens (tertiary/aromatic N) is 2. The molecule has 0 aliphatic carbocycles. The monoisotopic (exact) mass is 788 g/mol. The molecular weight excluding hydrogens is 745 g/mol. The van der Waals surface area contributed by atoms with Gasteiger partial charge < -0.3 is 5.11 Å². The maximum Gasteiger partial charge on any atom is 0.166 e. The highest BCUT2D eigenvalue weighted by molar-refractivity contribution is 5.99. The fourth-order valence-electron chi connectivity index (χ4n) is 8.23. The summed E-state index contributed by atoms with van der Waals surface area (Å²) in [5.41, 5.74) is 18.5. The largest absolute Gasteiger partial charge is 0.507 e. The number of benzene rings is 7. The Morgan fingerprint density at radius 3 is 1.28 bits per heavy atom. The number of phenols is 1. The SMILES string of the molecule is Cc1cccc(-c2ccc(-c3ccccc3-c3cc(-c4ccccc4CCC(=O)c4ccccc4O)cc(-c4ccccc4-c4ccc(-c5cccc(C)n5)cc4)c3)cc2)n1. The highest BCUT2D eigenvalue weighted by atomic mass is 16.3. The van der Waals surface area contributed by atoms with Gasteiger partial charge in [-0.1, -0.05) is 146 Å². The van der Waals surface area contributed by atoms with Gasteiger partial charge in [0.1, 0.15) is 5.75 Å². The Kier molecular flexibility index (Phi) is 11.0. The molecule has 0 aliphatic rings. The number of hydrogen-bond donors (Lipinski definition) is 1. The third-order valence-electron chi connectivity index (χ3n) is 11.3. The Balaban J connectivity index is 1.16. The molecule has 7 aromatic carbocycles. The molecule has 0 fully saturated rings. The van der Waals surface area contributed by atoms with Gasteiger partial charge in [0.05, 0.1) is 17.0 Å². The summed E-state index contributed by atoms with van der Waals surface area (Å²) in [5.74, 6) is -0.0722. The van der Waals surface area contributed by atoms with Crippen LogP contribution in [-0.4, -0.2) is 20.9 Å². The highest BCUT2D eigenvalue weighted by Gasteiger charge is 2.17. The van der Waals surface area contributed by atoms with Crippen LogP contribution in [0.4, 0.5) is 0 Å². The molecule has 61 heavy (non-hydrogen) atoms. The van der Waals surface area contributed by atoms with E-state index in [0.29, 0.717) is 12.0 Å². The van der Waals surface area contributed by atoms with Crippen LogP contribution >= 0.6 is 0 Å². The average molecular weight is 789 g/mol. The molecule has 294 valence electrons. The topological polar surface area (TPSA) is 63.1 Å². The van der Waals surface area contributed by atoms with E-state index in [1.807, 2.05) is 44.2 Å². The predicted octanol–water partition coefficient (Wildman–Crippen LogP) is 14.3. The minimum Gasteiger partial charge on any atom is -0.507 e. The fourth-order valence-corrected chi connectivity index (χ4v) is 8.23. The number of Topliss-reactive ketones (excluding diaryl/α,β-unsaturated/α-hetero) is 1. The average Bonchev–Trinajstić information content (AvgIpc) is 3.31. The summed E-state index contributed by atoms with van der Waals surface area (Å²) in [7, 11) is 0. The van der Waals surface area contributed by atoms with E-state index in [-0.39, 0.29) is 18.0 Å². The molecule has 0 radical (unpaired) electrons. The van der Waals surface area contributed by atoms with E-state index in [1.165, 1.54) is 0 Å². The number of pyridine rings is 2. The second kappa shape index (κ2) is 17.3. The molecule has 0 saturated carbocycles. The fraction of sp³-hybridized carbons (Fsp3) is 0.0702. The number of hydrogen-bond acceptors (Lipinski definition) is 4. The van der Waals surface area contributed by atoms with E-state index in [1.54, 1.807) is 24.3 Å². The van der Waals surface area contributed by atoms with Gasteiger partial charge in [0.2, 0.25) is 0 Å². The second-order valence-electron chi connectivity index (χ2n) is 15.5. The zero-order valence-corrected chi connectivity index (χ0v) is 34.2. The Hall–Kier alpha value is -7.69. The molecule has 4 nitrogen and oxygen atoms in total. The number of aryl methyl sites for hydroxylation is 3. The Bertz CT molecular complexity index is 2870. The highest BCUT2D eigenvalue weighted by Crippen LogP contribution is 2.41. The van der Waals surface area contributed by atoms with E-state index in [2.05, 4.69) is 146 Å². The molecular formula is C57H44N2O2. The molecule has 0 amide bonds. The van der Waals surface area contributed by atoms with Crippen molar-refractivity contribution in [3.8, 4) is 83.9 Å². The van der Waals surface area contributed by atoms with Gasteiger partial charge in [-0.15, -0.1) is 0 Å². The molecule has 4 heteroatoms. The number of carbonyl (C=O) groups excluding carboxylic acids is 1. The molecule has 0 saturated heterocycles. The molecule has 0 aliphatic heterocycles. The first-order valence-corrected chi connectivity index (χ1v) is 20.7. The number of para-hydroxylation sites is 1. The Labute approximate surface area is 357 Å². The van der Waals surface area contributed by atoms with Crippen molar-refractivity contribution in [1.29, 1.82) is 0 Å². The lowest BCUT2D eigenvalue weighted by Crippen LogP contribution is -2.02. The van der Waals surface area contributed by atoms with Crippen molar-refractivity contribution in [3.63, 3.8) is 0 Å². The van der Waals surface area contributed by atoms with Crippen molar-refractivity contribution >= 4 is 5.78 Å². The number of phenolic OH excluding ortho intramolecular Hbond substituents is 1. The summed E-state index contributed by atoms with van der Waals surface area (Å²) in [6.07, 6.45) is 0.801. The molecule has 0 spiro atoms. The van der Waals surface area contributed by atoms with E-state index in [0.717, 1.165) is 95.1 Å². The lowest BCUT2D eigenvalue weighted by atomic mass is 9.86. The van der Waals surface area contributed by atoms with Crippen LogP contribution in [0.2, 0.25) is 0 Å². The van der Waals surface area contributed by atoms with Crippen LogP contribution in [-0.2, 0) is 6.42 Å². The molecule has 2 aromatic heterocycles. The van der Waals surface area contributed by atoms with Crippen LogP contribution in [0.25, 0.3) is 78.1 Å². The predicted molar refractivity (Wildman–Crippen MR) is 250 cm³/mol. The standard InChI is InChI=1S/C57H44N2O2/c1-38-13-11-22-54(58-38)43-29-25-41(26-30-43)49-17-5-7-19-51(49)46-35-45(48-16-4-3-15-40(48)33-34-57(61)53-21-9-10-24-56(53)60)36-47(37-46)52-20-8-6-18-50(52)42-27-31-44(32-28-42)55-23-12-14-39(2)59-55/h3-32,35-37,60H,33-34H2,1-2H3. The van der Waals surface area contributed by atoms with E-state index >= 15 is 0 Å². The molecule has 0 atom stereocenters. The van der Waals surface area contributed by atoms with Crippen molar-refractivity contribution < 1.29 is 9.90 Å². The van der Waals surface area contributed by atoms with Gasteiger partial charge in [0.25, 0.3) is 0 Å². The Morgan fingerprint density at radius 2 is 0.803 bits per heavy atom. The van der Waals surface area contributed by atoms with Crippen LogP contribution in [0.5, 0.6) is 5.75 Å². The van der Waals surface area contributed by atoms with Gasteiger partial charge in [-0.2, -0.15) is 0 Å². The van der Waals surface area contributed by atoms with Gasteiger partial charge in [-0.3, -0.25) is 14.8 Å². The zero-order valence-electron chi connectivity index (χ0n) is 34.2. The molecule has 9 rings (SSSR count). The minimum absolute atomic E-state index is 0.0124. The van der Waals surface area contributed by atoms with Crippen LogP contribution in [0, 0.1) is 13.8 Å². The summed E-state index contributed by atoms with van der Waals surface area (Å²) in [6.45, 7) is 4.03. The third-order valence-corrected chi connectivity index (χ3v) is 11.3.